The summed E-state index contributed by atoms with van der Waals surface area (Å²) in [5.74, 6) is -2.05. The highest BCUT2D eigenvalue weighted by molar-refractivity contribution is 6.70. The van der Waals surface area contributed by atoms with E-state index in [0.29, 0.717) is 0 Å². The molecule has 8 nitrogen and oxygen atoms in total. The number of benzene rings is 1. The standard InChI is InChI=1S/C13H15F3N6O2/c1-22-11(17)9(10(21-22)13(14,15)16)20-7-2-4-8(5-3-7)24-12(18,19)6-23/h2-5,17,23H,6,18-19H2,1H3. The number of hydrogen-bond acceptors (Lipinski definition) is 7. The predicted molar refractivity (Wildman–Crippen MR) is 81.3 cm³/mol. The van der Waals surface area contributed by atoms with E-state index in [1.807, 2.05) is 0 Å². The number of nitrogens with zero attached hydrogens (tertiary/aromatic N) is 3. The molecule has 0 radical (unpaired) electrons. The fraction of sp³-hybridized carbons (Fsp3) is 0.308. The van der Waals surface area contributed by atoms with Crippen molar-refractivity contribution in [1.29, 1.82) is 5.41 Å². The highest BCUT2D eigenvalue weighted by atomic mass is 19.4. The van der Waals surface area contributed by atoms with Crippen molar-refractivity contribution in [3.8, 4) is 5.75 Å². The summed E-state index contributed by atoms with van der Waals surface area (Å²) in [7, 11) is 1.23. The van der Waals surface area contributed by atoms with Crippen molar-refractivity contribution < 1.29 is 23.0 Å². The molecule has 1 heterocycles. The first-order valence-corrected chi connectivity index (χ1v) is 6.59. The number of aliphatic hydroxyl groups excluding tert-OH is 1. The van der Waals surface area contributed by atoms with Crippen LogP contribution >= 0.6 is 0 Å². The fourth-order valence-electron chi connectivity index (χ4n) is 1.78. The van der Waals surface area contributed by atoms with Gasteiger partial charge >= 0.3 is 6.18 Å². The molecule has 0 amide bonds. The second kappa shape index (κ2) is 6.19. The van der Waals surface area contributed by atoms with Gasteiger partial charge in [0, 0.05) is 7.05 Å². The minimum atomic E-state index is -4.72. The van der Waals surface area contributed by atoms with Gasteiger partial charge in [0.05, 0.1) is 5.69 Å². The van der Waals surface area contributed by atoms with Crippen LogP contribution in [0.4, 0.5) is 18.9 Å². The predicted octanol–water partition coefficient (Wildman–Crippen LogP) is 0.542. The van der Waals surface area contributed by atoms with E-state index in [9.17, 15) is 13.2 Å². The number of rotatable bonds is 4. The lowest BCUT2D eigenvalue weighted by atomic mass is 10.2. The number of amidine groups is 1. The minimum Gasteiger partial charge on any atom is -0.458 e. The average molecular weight is 344 g/mol. The van der Waals surface area contributed by atoms with Crippen LogP contribution in [0.2, 0.25) is 0 Å². The van der Waals surface area contributed by atoms with Crippen molar-refractivity contribution in [2.45, 2.75) is 12.0 Å². The summed E-state index contributed by atoms with van der Waals surface area (Å²) in [6.07, 6.45) is -4.72. The van der Waals surface area contributed by atoms with Gasteiger partial charge < -0.3 is 9.84 Å². The molecular formula is C13H15F3N6O2. The quantitative estimate of drug-likeness (QED) is 0.592. The number of nitrogens with one attached hydrogen (secondary N) is 1. The Morgan fingerprint density at radius 1 is 1.29 bits per heavy atom. The van der Waals surface area contributed by atoms with Crippen LogP contribution in [0.25, 0.3) is 0 Å². The zero-order chi connectivity index (χ0) is 18.1. The van der Waals surface area contributed by atoms with E-state index in [1.54, 1.807) is 0 Å². The molecule has 0 atom stereocenters. The SMILES string of the molecule is CN1N=C(C(F)(F)F)C(=Nc2ccc(OC(N)(N)CO)cc2)C1=N. The van der Waals surface area contributed by atoms with Crippen LogP contribution in [0.3, 0.4) is 0 Å². The molecular weight excluding hydrogens is 329 g/mol. The highest BCUT2D eigenvalue weighted by Crippen LogP contribution is 2.26. The summed E-state index contributed by atoms with van der Waals surface area (Å²) in [5, 5.41) is 20.6. The average Bonchev–Trinajstić information content (AvgIpc) is 2.77. The van der Waals surface area contributed by atoms with Crippen molar-refractivity contribution in [2.24, 2.45) is 21.6 Å². The van der Waals surface area contributed by atoms with Crippen molar-refractivity contribution in [3.05, 3.63) is 24.3 Å². The Balaban J connectivity index is 2.28. The monoisotopic (exact) mass is 344 g/mol. The van der Waals surface area contributed by atoms with Crippen LogP contribution in [-0.4, -0.2) is 53.1 Å². The lowest BCUT2D eigenvalue weighted by Gasteiger charge is -2.23. The van der Waals surface area contributed by atoms with Crippen LogP contribution in [0.1, 0.15) is 0 Å². The van der Waals surface area contributed by atoms with Crippen molar-refractivity contribution in [2.75, 3.05) is 13.7 Å². The minimum absolute atomic E-state index is 0.151. The lowest BCUT2D eigenvalue weighted by Crippen LogP contribution is -2.57. The molecule has 24 heavy (non-hydrogen) atoms. The first kappa shape index (κ1) is 17.8. The van der Waals surface area contributed by atoms with E-state index in [2.05, 4.69) is 10.1 Å². The number of aliphatic imine (C=N–C) groups is 1. The second-order valence-electron chi connectivity index (χ2n) is 4.99. The first-order valence-electron chi connectivity index (χ1n) is 6.59. The Kier molecular flexibility index (Phi) is 4.60. The Morgan fingerprint density at radius 2 is 1.88 bits per heavy atom. The summed E-state index contributed by atoms with van der Waals surface area (Å²) < 4.78 is 43.9. The maximum absolute atomic E-state index is 12.9. The van der Waals surface area contributed by atoms with E-state index in [1.165, 1.54) is 31.3 Å². The van der Waals surface area contributed by atoms with Gasteiger partial charge in [0.25, 0.3) is 0 Å². The molecule has 1 aliphatic heterocycles. The van der Waals surface area contributed by atoms with Gasteiger partial charge in [-0.1, -0.05) is 0 Å². The van der Waals surface area contributed by atoms with E-state index in [0.717, 1.165) is 5.01 Å². The van der Waals surface area contributed by atoms with Gasteiger partial charge in [-0.3, -0.25) is 16.9 Å². The molecule has 130 valence electrons. The van der Waals surface area contributed by atoms with E-state index in [4.69, 9.17) is 26.7 Å². The van der Waals surface area contributed by atoms with Crippen molar-refractivity contribution in [1.82, 2.24) is 5.01 Å². The van der Waals surface area contributed by atoms with Crippen LogP contribution in [-0.2, 0) is 0 Å². The Labute approximate surface area is 134 Å². The number of hydrazone groups is 1. The summed E-state index contributed by atoms with van der Waals surface area (Å²) in [6, 6.07) is 5.46. The number of ether oxygens (including phenoxy) is 1. The van der Waals surface area contributed by atoms with Crippen LogP contribution in [0.5, 0.6) is 5.75 Å². The second-order valence-corrected chi connectivity index (χ2v) is 4.99. The molecule has 0 saturated carbocycles. The molecule has 0 bridgehead atoms. The number of nitrogens with two attached hydrogens (primary N) is 2. The molecule has 6 N–H and O–H groups in total. The number of aliphatic hydroxyl groups is 1. The van der Waals surface area contributed by atoms with Gasteiger partial charge in [0.1, 0.15) is 18.1 Å². The lowest BCUT2D eigenvalue weighted by molar-refractivity contribution is -0.0570. The van der Waals surface area contributed by atoms with Gasteiger partial charge in [-0.25, -0.2) is 10.0 Å². The number of hydrogen-bond donors (Lipinski definition) is 4. The molecule has 0 fully saturated rings. The molecule has 0 saturated heterocycles. The maximum Gasteiger partial charge on any atom is 0.437 e. The van der Waals surface area contributed by atoms with Crippen molar-refractivity contribution >= 4 is 22.9 Å². The number of alkyl halides is 3. The molecule has 11 heteroatoms. The largest absolute Gasteiger partial charge is 0.458 e. The Hall–Kier alpha value is -2.50. The molecule has 0 spiro atoms. The molecule has 0 aromatic heterocycles. The summed E-state index contributed by atoms with van der Waals surface area (Å²) in [4.78, 5) is 3.83. The molecule has 0 unspecified atom stereocenters. The van der Waals surface area contributed by atoms with Gasteiger partial charge in [0.15, 0.2) is 11.5 Å². The Bertz CT molecular complexity index is 697. The zero-order valence-electron chi connectivity index (χ0n) is 12.5. The number of halogens is 3. The third-order valence-corrected chi connectivity index (χ3v) is 2.92. The summed E-state index contributed by atoms with van der Waals surface area (Å²) >= 11 is 0. The van der Waals surface area contributed by atoms with E-state index in [-0.39, 0.29) is 11.4 Å². The normalized spacial score (nSPS) is 17.5. The third kappa shape index (κ3) is 3.88. The van der Waals surface area contributed by atoms with Gasteiger partial charge in [-0.2, -0.15) is 18.3 Å². The zero-order valence-corrected chi connectivity index (χ0v) is 12.5. The first-order chi connectivity index (χ1) is 11.0. The van der Waals surface area contributed by atoms with E-state index >= 15 is 0 Å². The van der Waals surface area contributed by atoms with Crippen LogP contribution < -0.4 is 16.2 Å². The van der Waals surface area contributed by atoms with Crippen molar-refractivity contribution in [3.63, 3.8) is 0 Å². The highest BCUT2D eigenvalue weighted by Gasteiger charge is 2.45. The van der Waals surface area contributed by atoms with Gasteiger partial charge in [0.2, 0.25) is 5.85 Å². The molecule has 2 rings (SSSR count). The molecule has 1 aliphatic rings. The molecule has 1 aromatic carbocycles. The maximum atomic E-state index is 12.9. The topological polar surface area (TPSA) is 133 Å². The molecule has 0 aliphatic carbocycles. The van der Waals surface area contributed by atoms with Gasteiger partial charge in [-0.15, -0.1) is 0 Å². The fourth-order valence-corrected chi connectivity index (χ4v) is 1.78. The summed E-state index contributed by atoms with van der Waals surface area (Å²) in [5.41, 5.74) is 9.17. The van der Waals surface area contributed by atoms with E-state index < -0.39 is 35.9 Å². The smallest absolute Gasteiger partial charge is 0.437 e. The van der Waals surface area contributed by atoms with Gasteiger partial charge in [-0.05, 0) is 24.3 Å². The van der Waals surface area contributed by atoms with Crippen LogP contribution in [0, 0.1) is 5.41 Å². The molecule has 1 aromatic rings. The Morgan fingerprint density at radius 3 is 2.38 bits per heavy atom. The summed E-state index contributed by atoms with van der Waals surface area (Å²) in [6.45, 7) is -0.633. The van der Waals surface area contributed by atoms with Crippen LogP contribution in [0.15, 0.2) is 34.4 Å². The third-order valence-electron chi connectivity index (χ3n) is 2.92.